The first kappa shape index (κ1) is 19.0. The van der Waals surface area contributed by atoms with E-state index in [2.05, 4.69) is 115 Å². The Kier molecular flexibility index (Phi) is 3.86. The number of fused-ring (bicyclic) bond motifs is 3. The molecule has 0 bridgehead atoms. The van der Waals surface area contributed by atoms with Crippen LogP contribution in [0.3, 0.4) is 0 Å². The Bertz CT molecular complexity index is 1660. The zero-order chi connectivity index (χ0) is 22.2. The Morgan fingerprint density at radius 2 is 1.30 bits per heavy atom. The predicted molar refractivity (Wildman–Crippen MR) is 139 cm³/mol. The number of aromatic nitrogens is 2. The number of benzene rings is 4. The molecule has 2 aromatic heterocycles. The standard InChI is InChI=1S/C30H24N2S/c1-20-17-18-27-29-28(20)24-15-9-10-16-25(24)30-31-21(2)26(32(29)30)19-33(27,22-11-5-3-6-12-22)23-13-7-4-8-14-23/h3-18H,19H2,1-2H3. The zero-order valence-electron chi connectivity index (χ0n) is 18.7. The van der Waals surface area contributed by atoms with Crippen molar-refractivity contribution in [3.05, 3.63) is 114 Å². The van der Waals surface area contributed by atoms with Gasteiger partial charge in [0.2, 0.25) is 0 Å². The number of aryl methyl sites for hydroxylation is 2. The van der Waals surface area contributed by atoms with Gasteiger partial charge in [0.15, 0.2) is 0 Å². The van der Waals surface area contributed by atoms with Crippen molar-refractivity contribution in [2.24, 2.45) is 0 Å². The first-order chi connectivity index (χ1) is 16.2. The van der Waals surface area contributed by atoms with E-state index in [-0.39, 0.29) is 0 Å². The van der Waals surface area contributed by atoms with E-state index in [1.165, 1.54) is 47.6 Å². The molecule has 1 aliphatic rings. The minimum absolute atomic E-state index is 0.970. The summed E-state index contributed by atoms with van der Waals surface area (Å²) in [7, 11) is -1.51. The van der Waals surface area contributed by atoms with Gasteiger partial charge >= 0.3 is 0 Å². The third kappa shape index (κ3) is 2.38. The molecule has 6 aromatic rings. The van der Waals surface area contributed by atoms with Crippen LogP contribution in [0.2, 0.25) is 0 Å². The Hall–Kier alpha value is -3.56. The molecule has 0 saturated heterocycles. The largest absolute Gasteiger partial charge is 0.294 e. The van der Waals surface area contributed by atoms with E-state index in [0.717, 1.165) is 17.1 Å². The Morgan fingerprint density at radius 3 is 1.97 bits per heavy atom. The van der Waals surface area contributed by atoms with Crippen LogP contribution in [0.15, 0.2) is 112 Å². The van der Waals surface area contributed by atoms with Crippen molar-refractivity contribution in [2.45, 2.75) is 34.3 Å². The van der Waals surface area contributed by atoms with Crippen molar-refractivity contribution in [2.75, 3.05) is 0 Å². The number of rotatable bonds is 2. The number of hydrogen-bond acceptors (Lipinski definition) is 1. The van der Waals surface area contributed by atoms with Crippen molar-refractivity contribution in [3.8, 4) is 0 Å². The summed E-state index contributed by atoms with van der Waals surface area (Å²) in [6.07, 6.45) is 0. The monoisotopic (exact) mass is 444 g/mol. The lowest BCUT2D eigenvalue weighted by Gasteiger charge is -2.44. The van der Waals surface area contributed by atoms with Crippen molar-refractivity contribution in [1.82, 2.24) is 9.38 Å². The van der Waals surface area contributed by atoms with E-state index in [1.54, 1.807) is 0 Å². The van der Waals surface area contributed by atoms with Gasteiger partial charge < -0.3 is 0 Å². The maximum absolute atomic E-state index is 5.15. The number of pyridine rings is 1. The van der Waals surface area contributed by atoms with Crippen LogP contribution in [0.4, 0.5) is 0 Å². The van der Waals surface area contributed by atoms with Crippen LogP contribution in [-0.4, -0.2) is 9.38 Å². The summed E-state index contributed by atoms with van der Waals surface area (Å²) >= 11 is 0. The molecule has 0 saturated carbocycles. The van der Waals surface area contributed by atoms with Gasteiger partial charge in [0.25, 0.3) is 0 Å². The lowest BCUT2D eigenvalue weighted by atomic mass is 10.0. The highest BCUT2D eigenvalue weighted by atomic mass is 32.3. The summed E-state index contributed by atoms with van der Waals surface area (Å²) in [6.45, 7) is 4.43. The van der Waals surface area contributed by atoms with Gasteiger partial charge in [-0.15, -0.1) is 0 Å². The van der Waals surface area contributed by atoms with Gasteiger partial charge in [0, 0.05) is 21.4 Å². The minimum atomic E-state index is -1.51. The molecular formula is C30H24N2S. The number of hydrogen-bond donors (Lipinski definition) is 0. The molecule has 0 amide bonds. The second-order valence-electron chi connectivity index (χ2n) is 8.96. The summed E-state index contributed by atoms with van der Waals surface area (Å²) in [4.78, 5) is 9.42. The molecule has 0 fully saturated rings. The van der Waals surface area contributed by atoms with E-state index >= 15 is 0 Å². The van der Waals surface area contributed by atoms with Gasteiger partial charge in [0.1, 0.15) is 5.65 Å². The van der Waals surface area contributed by atoms with Crippen LogP contribution in [-0.2, 0) is 5.75 Å². The molecule has 0 unspecified atom stereocenters. The zero-order valence-corrected chi connectivity index (χ0v) is 19.6. The summed E-state index contributed by atoms with van der Waals surface area (Å²) in [5.41, 5.74) is 6.24. The molecule has 7 rings (SSSR count). The Labute approximate surface area is 194 Å². The van der Waals surface area contributed by atoms with Gasteiger partial charge in [-0.1, -0.05) is 66.7 Å². The Morgan fingerprint density at radius 1 is 0.697 bits per heavy atom. The molecule has 0 aliphatic carbocycles. The van der Waals surface area contributed by atoms with Crippen molar-refractivity contribution >= 4 is 37.4 Å². The van der Waals surface area contributed by atoms with Crippen LogP contribution < -0.4 is 0 Å². The summed E-state index contributed by atoms with van der Waals surface area (Å²) < 4.78 is 2.48. The average molecular weight is 445 g/mol. The third-order valence-corrected chi connectivity index (χ3v) is 11.1. The second kappa shape index (κ2) is 6.72. The van der Waals surface area contributed by atoms with Crippen LogP contribution in [0.25, 0.3) is 27.3 Å². The summed E-state index contributed by atoms with van der Waals surface area (Å²) in [6, 6.07) is 35.8. The summed E-state index contributed by atoms with van der Waals surface area (Å²) in [5.74, 6) is 0.970. The molecule has 0 atom stereocenters. The maximum Gasteiger partial charge on any atom is 0.145 e. The molecule has 2 nitrogen and oxygen atoms in total. The highest BCUT2D eigenvalue weighted by molar-refractivity contribution is 8.33. The van der Waals surface area contributed by atoms with Crippen molar-refractivity contribution in [3.63, 3.8) is 0 Å². The SMILES string of the molecule is Cc1nc2c3ccccc3c3c(C)ccc4c3n2c1CS4(c1ccccc1)c1ccccc1. The van der Waals surface area contributed by atoms with Gasteiger partial charge in [-0.05, 0) is 64.9 Å². The molecule has 160 valence electrons. The minimum Gasteiger partial charge on any atom is -0.294 e. The van der Waals surface area contributed by atoms with Crippen LogP contribution in [0, 0.1) is 13.8 Å². The van der Waals surface area contributed by atoms with Gasteiger partial charge in [-0.25, -0.2) is 4.98 Å². The molecule has 0 N–H and O–H groups in total. The topological polar surface area (TPSA) is 17.3 Å². The van der Waals surface area contributed by atoms with Gasteiger partial charge in [-0.2, -0.15) is 10.0 Å². The van der Waals surface area contributed by atoms with Crippen LogP contribution in [0.5, 0.6) is 0 Å². The van der Waals surface area contributed by atoms with Crippen LogP contribution in [0.1, 0.15) is 17.0 Å². The number of imidazole rings is 1. The molecule has 3 heterocycles. The van der Waals surface area contributed by atoms with Crippen LogP contribution >= 0.6 is 10.0 Å². The fraction of sp³-hybridized carbons (Fsp3) is 0.100. The van der Waals surface area contributed by atoms with E-state index < -0.39 is 10.0 Å². The lowest BCUT2D eigenvalue weighted by molar-refractivity contribution is 1.05. The molecule has 33 heavy (non-hydrogen) atoms. The van der Waals surface area contributed by atoms with Crippen molar-refractivity contribution in [1.29, 1.82) is 0 Å². The predicted octanol–water partition coefficient (Wildman–Crippen LogP) is 8.05. The molecule has 3 heteroatoms. The van der Waals surface area contributed by atoms with Gasteiger partial charge in [0.05, 0.1) is 16.9 Å². The molecular weight excluding hydrogens is 420 g/mol. The maximum atomic E-state index is 5.15. The molecule has 0 radical (unpaired) electrons. The molecule has 0 spiro atoms. The molecule has 1 aliphatic heterocycles. The lowest BCUT2D eigenvalue weighted by Crippen LogP contribution is -2.16. The molecule has 4 aromatic carbocycles. The van der Waals surface area contributed by atoms with E-state index in [1.807, 2.05) is 0 Å². The fourth-order valence-electron chi connectivity index (χ4n) is 5.71. The second-order valence-corrected chi connectivity index (χ2v) is 12.1. The quantitative estimate of drug-likeness (QED) is 0.247. The van der Waals surface area contributed by atoms with E-state index in [4.69, 9.17) is 4.98 Å². The average Bonchev–Trinajstić information content (AvgIpc) is 3.21. The van der Waals surface area contributed by atoms with E-state index in [0.29, 0.717) is 0 Å². The first-order valence-electron chi connectivity index (χ1n) is 11.4. The van der Waals surface area contributed by atoms with Gasteiger partial charge in [-0.3, -0.25) is 4.40 Å². The number of nitrogens with zero attached hydrogens (tertiary/aromatic N) is 2. The van der Waals surface area contributed by atoms with E-state index in [9.17, 15) is 0 Å². The van der Waals surface area contributed by atoms with Crippen molar-refractivity contribution < 1.29 is 0 Å². The highest BCUT2D eigenvalue weighted by Crippen LogP contribution is 2.73. The Balaban J connectivity index is 1.78. The first-order valence-corrected chi connectivity index (χ1v) is 13.2. The normalized spacial score (nSPS) is 15.5. The fourth-order valence-corrected chi connectivity index (χ4v) is 9.80. The smallest absolute Gasteiger partial charge is 0.145 e. The highest BCUT2D eigenvalue weighted by Gasteiger charge is 2.39. The third-order valence-electron chi connectivity index (χ3n) is 7.20. The summed E-state index contributed by atoms with van der Waals surface area (Å²) in [5, 5.41) is 3.89.